The molecule has 0 nitrogen and oxygen atoms in total. The molecule has 7 atom stereocenters. The maximum atomic E-state index is 2.75. The molecular formula is C30H50. The fraction of sp³-hybridized carbons (Fsp3) is 0.867. The van der Waals surface area contributed by atoms with Crippen LogP contribution >= 0.6 is 0 Å². The van der Waals surface area contributed by atoms with Gasteiger partial charge in [0.2, 0.25) is 0 Å². The zero-order valence-corrected chi connectivity index (χ0v) is 21.6. The SMILES string of the molecule is CC(C)=CCC[C@]1(C)CC[C@]2(C)[C@H]3CC[C@]4(C)C(C)=CCC[C@H]4[C@]3(C)CC[C@@]2(C)C1. The molecule has 4 rings (SSSR count). The lowest BCUT2D eigenvalue weighted by atomic mass is 9.33. The second-order valence-corrected chi connectivity index (χ2v) is 13.8. The van der Waals surface area contributed by atoms with Gasteiger partial charge in [-0.05, 0) is 130 Å². The van der Waals surface area contributed by atoms with Crippen molar-refractivity contribution in [3.05, 3.63) is 23.3 Å². The first-order valence-corrected chi connectivity index (χ1v) is 13.2. The van der Waals surface area contributed by atoms with Gasteiger partial charge in [0.15, 0.2) is 0 Å². The van der Waals surface area contributed by atoms with Crippen LogP contribution in [-0.4, -0.2) is 0 Å². The first-order chi connectivity index (χ1) is 13.9. The van der Waals surface area contributed by atoms with Gasteiger partial charge in [0, 0.05) is 0 Å². The molecule has 0 bridgehead atoms. The Kier molecular flexibility index (Phi) is 5.47. The molecule has 0 aromatic heterocycles. The minimum atomic E-state index is 0.473. The number of rotatable bonds is 3. The van der Waals surface area contributed by atoms with Crippen LogP contribution in [0.15, 0.2) is 23.3 Å². The molecule has 0 heterocycles. The number of allylic oxidation sites excluding steroid dienone is 4. The molecule has 0 aromatic carbocycles. The third-order valence-electron chi connectivity index (χ3n) is 11.8. The summed E-state index contributed by atoms with van der Waals surface area (Å²) in [7, 11) is 0. The van der Waals surface area contributed by atoms with Crippen molar-refractivity contribution in [1.29, 1.82) is 0 Å². The summed E-state index contributed by atoms with van der Waals surface area (Å²) < 4.78 is 0. The van der Waals surface area contributed by atoms with Gasteiger partial charge in [0.25, 0.3) is 0 Å². The molecular weight excluding hydrogens is 360 g/mol. The van der Waals surface area contributed by atoms with Crippen molar-refractivity contribution in [2.75, 3.05) is 0 Å². The lowest BCUT2D eigenvalue weighted by molar-refractivity contribution is -0.211. The Morgan fingerprint density at radius 2 is 1.67 bits per heavy atom. The average Bonchev–Trinajstić information content (AvgIpc) is 2.65. The lowest BCUT2D eigenvalue weighted by Crippen LogP contribution is -2.63. The quantitative estimate of drug-likeness (QED) is 0.406. The van der Waals surface area contributed by atoms with Crippen LogP contribution in [0.1, 0.15) is 126 Å². The molecule has 0 spiro atoms. The minimum Gasteiger partial charge on any atom is -0.0859 e. The van der Waals surface area contributed by atoms with Crippen LogP contribution in [-0.2, 0) is 0 Å². The average molecular weight is 411 g/mol. The second kappa shape index (κ2) is 7.25. The summed E-state index contributed by atoms with van der Waals surface area (Å²) in [5.41, 5.74) is 5.83. The Morgan fingerprint density at radius 3 is 2.37 bits per heavy atom. The topological polar surface area (TPSA) is 0 Å². The van der Waals surface area contributed by atoms with Crippen molar-refractivity contribution in [2.45, 2.75) is 126 Å². The van der Waals surface area contributed by atoms with Gasteiger partial charge >= 0.3 is 0 Å². The standard InChI is InChI=1S/C30H50/c1-22(2)11-10-15-26(4)17-20-30(8)25-14-16-28(6)23(3)12-9-13-24(28)29(25,7)19-18-27(30,5)21-26/h11-12,24-25H,9-10,13-21H2,1-8H3/t24-,25+,26-,27+,28-,29+,30-/m1/s1. The highest BCUT2D eigenvalue weighted by molar-refractivity contribution is 5.24. The van der Waals surface area contributed by atoms with Gasteiger partial charge in [-0.15, -0.1) is 0 Å². The van der Waals surface area contributed by atoms with E-state index >= 15 is 0 Å². The molecule has 0 amide bonds. The Bertz CT molecular complexity index is 737. The smallest absolute Gasteiger partial charge is 0.00854 e. The van der Waals surface area contributed by atoms with Crippen LogP contribution in [0, 0.1) is 38.9 Å². The summed E-state index contributed by atoms with van der Waals surface area (Å²) in [5, 5.41) is 0. The molecule has 0 radical (unpaired) electrons. The summed E-state index contributed by atoms with van der Waals surface area (Å²) in [6, 6.07) is 0. The zero-order valence-electron chi connectivity index (χ0n) is 21.6. The number of fused-ring (bicyclic) bond motifs is 5. The van der Waals surface area contributed by atoms with Gasteiger partial charge in [-0.2, -0.15) is 0 Å². The molecule has 30 heavy (non-hydrogen) atoms. The predicted molar refractivity (Wildman–Crippen MR) is 131 cm³/mol. The Balaban J connectivity index is 1.61. The van der Waals surface area contributed by atoms with Crippen LogP contribution in [0.25, 0.3) is 0 Å². The second-order valence-electron chi connectivity index (χ2n) is 13.8. The van der Waals surface area contributed by atoms with Gasteiger partial charge in [0.1, 0.15) is 0 Å². The van der Waals surface area contributed by atoms with Gasteiger partial charge in [-0.3, -0.25) is 0 Å². The molecule has 0 aromatic rings. The van der Waals surface area contributed by atoms with E-state index in [1.165, 1.54) is 76.2 Å². The monoisotopic (exact) mass is 410 g/mol. The van der Waals surface area contributed by atoms with Crippen molar-refractivity contribution in [2.24, 2.45) is 38.9 Å². The van der Waals surface area contributed by atoms with Crippen molar-refractivity contribution in [1.82, 2.24) is 0 Å². The summed E-state index contributed by atoms with van der Waals surface area (Å²) in [5.74, 6) is 1.83. The van der Waals surface area contributed by atoms with Gasteiger partial charge in [-0.25, -0.2) is 0 Å². The fourth-order valence-corrected chi connectivity index (χ4v) is 9.67. The van der Waals surface area contributed by atoms with E-state index in [2.05, 4.69) is 67.5 Å². The Hall–Kier alpha value is -0.520. The summed E-state index contributed by atoms with van der Waals surface area (Å²) in [6.45, 7) is 20.4. The zero-order chi connectivity index (χ0) is 22.0. The highest BCUT2D eigenvalue weighted by Crippen LogP contribution is 2.75. The van der Waals surface area contributed by atoms with Gasteiger partial charge < -0.3 is 0 Å². The number of hydrogen-bond acceptors (Lipinski definition) is 0. The van der Waals surface area contributed by atoms with E-state index in [1.807, 2.05) is 0 Å². The third kappa shape index (κ3) is 3.21. The molecule has 0 N–H and O–H groups in total. The molecule has 3 fully saturated rings. The van der Waals surface area contributed by atoms with Crippen LogP contribution in [0.2, 0.25) is 0 Å². The van der Waals surface area contributed by atoms with E-state index < -0.39 is 0 Å². The molecule has 4 aliphatic carbocycles. The normalized spacial score (nSPS) is 50.6. The summed E-state index contributed by atoms with van der Waals surface area (Å²) in [4.78, 5) is 0. The minimum absolute atomic E-state index is 0.473. The Morgan fingerprint density at radius 1 is 0.933 bits per heavy atom. The fourth-order valence-electron chi connectivity index (χ4n) is 9.67. The molecule has 4 aliphatic rings. The van der Waals surface area contributed by atoms with Crippen molar-refractivity contribution in [3.8, 4) is 0 Å². The maximum absolute atomic E-state index is 2.75. The largest absolute Gasteiger partial charge is 0.0859 e. The van der Waals surface area contributed by atoms with Gasteiger partial charge in [-0.1, -0.05) is 57.9 Å². The number of hydrogen-bond donors (Lipinski definition) is 0. The van der Waals surface area contributed by atoms with Crippen LogP contribution in [0.4, 0.5) is 0 Å². The van der Waals surface area contributed by atoms with Crippen molar-refractivity contribution in [3.63, 3.8) is 0 Å². The van der Waals surface area contributed by atoms with Crippen LogP contribution in [0.5, 0.6) is 0 Å². The van der Waals surface area contributed by atoms with E-state index in [9.17, 15) is 0 Å². The highest BCUT2D eigenvalue weighted by Gasteiger charge is 2.66. The van der Waals surface area contributed by atoms with Crippen LogP contribution in [0.3, 0.4) is 0 Å². The lowest BCUT2D eigenvalue weighted by Gasteiger charge is -2.71. The maximum Gasteiger partial charge on any atom is -0.00854 e. The van der Waals surface area contributed by atoms with E-state index in [-0.39, 0.29) is 0 Å². The first kappa shape index (κ1) is 22.7. The molecule has 0 aliphatic heterocycles. The first-order valence-electron chi connectivity index (χ1n) is 13.2. The Labute approximate surface area is 188 Å². The third-order valence-corrected chi connectivity index (χ3v) is 11.8. The van der Waals surface area contributed by atoms with E-state index in [0.29, 0.717) is 27.1 Å². The van der Waals surface area contributed by atoms with E-state index in [1.54, 1.807) is 5.57 Å². The highest BCUT2D eigenvalue weighted by atomic mass is 14.7. The molecule has 0 unspecified atom stereocenters. The molecule has 3 saturated carbocycles. The molecule has 0 heteroatoms. The predicted octanol–water partition coefficient (Wildman–Crippen LogP) is 9.51. The van der Waals surface area contributed by atoms with Crippen molar-refractivity contribution >= 4 is 0 Å². The molecule has 170 valence electrons. The van der Waals surface area contributed by atoms with E-state index in [4.69, 9.17) is 0 Å². The molecule has 0 saturated heterocycles. The van der Waals surface area contributed by atoms with Crippen molar-refractivity contribution < 1.29 is 0 Å². The van der Waals surface area contributed by atoms with E-state index in [0.717, 1.165) is 11.8 Å². The van der Waals surface area contributed by atoms with Gasteiger partial charge in [0.05, 0.1) is 0 Å². The summed E-state index contributed by atoms with van der Waals surface area (Å²) >= 11 is 0. The van der Waals surface area contributed by atoms with Crippen LogP contribution < -0.4 is 0 Å². The summed E-state index contributed by atoms with van der Waals surface area (Å²) in [6.07, 6.45) is 20.7.